The Hall–Kier alpha value is -12.3. The Morgan fingerprint density at radius 3 is 0.954 bits per heavy atom. The molecule has 28 nitrogen and oxygen atoms in total. The van der Waals surface area contributed by atoms with Gasteiger partial charge >= 0.3 is 41.8 Å². The van der Waals surface area contributed by atoms with Crippen molar-refractivity contribution in [3.8, 4) is 0 Å². The van der Waals surface area contributed by atoms with E-state index in [-0.39, 0.29) is 128 Å². The van der Waals surface area contributed by atoms with Gasteiger partial charge < -0.3 is 70.0 Å². The molecule has 6 unspecified atom stereocenters. The Bertz CT molecular complexity index is 4640. The number of amides is 7. The molecule has 0 radical (unpaired) electrons. The number of nitrogens with zero attached hydrogens (tertiary/aromatic N) is 7. The topological polar surface area (TPSA) is 403 Å². The predicted molar refractivity (Wildman–Crippen MR) is 513 cm³/mol. The smallest absolute Gasteiger partial charge is 0.304 e. The minimum Gasteiger partial charge on any atom is -0.481 e. The lowest BCUT2D eigenvalue weighted by Crippen LogP contribution is -2.40. The van der Waals surface area contributed by atoms with Crippen LogP contribution in [0.3, 0.4) is 0 Å². The zero-order valence-electron chi connectivity index (χ0n) is 78.5. The summed E-state index contributed by atoms with van der Waals surface area (Å²) >= 11 is 11.5. The zero-order valence-corrected chi connectivity index (χ0v) is 80.0. The lowest BCUT2D eigenvalue weighted by atomic mass is 10.0. The van der Waals surface area contributed by atoms with Crippen LogP contribution in [0, 0.1) is 63.2 Å². The highest BCUT2D eigenvalue weighted by molar-refractivity contribution is 6.31. The third kappa shape index (κ3) is 45.1. The van der Waals surface area contributed by atoms with E-state index in [2.05, 4.69) is 0 Å². The fourth-order valence-electron chi connectivity index (χ4n) is 13.0. The summed E-state index contributed by atoms with van der Waals surface area (Å²) in [5, 5.41) is 61.6. The van der Waals surface area contributed by atoms with E-state index < -0.39 is 47.7 Å². The highest BCUT2D eigenvalue weighted by Gasteiger charge is 2.28. The van der Waals surface area contributed by atoms with E-state index >= 15 is 0 Å². The third-order valence-electron chi connectivity index (χ3n) is 20.8. The standard InChI is InChI=1S/C16H23NO3.3C15H21NO3.C14H19NO3.C13H16ClNO3.C12H14ClNO3/c1-13-9-7-8-10-14(13)17(2)15(18)11-5-3-4-6-12-16(19)20;1-11(2)16(13-7-5-4-6-8-13)15(19)12(3)9-10-14(17)18;1-4-16(13-8-6-5-7-12(13)3)14(17)9-11(2)10-15(18)19;1-4-16(13-8-6-5-7-11(13)2)15(19)12(3)9-10-14(17)18;1-10-4-7-12(8-5-10)15(3)14(18)11(2)6-9-13(16)17;1-9(3-8-12(16)17)13(18)15(2)11-6-4-10(14)5-7-11;1-8(7-11(15)16)12(17)14(2)10-5-3-9(13)4-6-10/h7-10H,3-6,11-12H2,1-2H3,(H,19,20);4-8,11-12H,9-10H2,1-3H3,(H,17,18);5-8,11H,4,9-10H2,1-3H3,(H,18,19);5-8,12H,4,9-10H2,1-3H3,(H,17,18);4-5,7-8,11H,6,9H2,1-3H3,(H,16,17);4-7,9H,3,8H2,1-2H3,(H,16,17);3-6,8H,7H2,1-2H3,(H,15,16). The lowest BCUT2D eigenvalue weighted by Gasteiger charge is -2.29. The molecule has 0 saturated heterocycles. The molecule has 0 fully saturated rings. The molecule has 7 amide bonds. The number of unbranched alkanes of at least 4 members (excludes halogenated alkanes) is 3. The molecule has 0 spiro atoms. The maximum Gasteiger partial charge on any atom is 0.304 e. The number of carbonyl (C=O) groups is 14. The average Bonchev–Trinajstić information content (AvgIpc) is 1.03. The van der Waals surface area contributed by atoms with Gasteiger partial charge in [-0.2, -0.15) is 0 Å². The number of carboxylic acids is 7. The molecule has 0 bridgehead atoms. The van der Waals surface area contributed by atoms with Crippen LogP contribution < -0.4 is 34.3 Å². The van der Waals surface area contributed by atoms with Gasteiger partial charge in [0.25, 0.3) is 0 Å². The quantitative estimate of drug-likeness (QED) is 0.0175. The van der Waals surface area contributed by atoms with Crippen LogP contribution in [0.1, 0.15) is 201 Å². The molecule has 0 aliphatic rings. The van der Waals surface area contributed by atoms with Gasteiger partial charge in [-0.1, -0.05) is 168 Å². The number of carboxylic acid groups (broad SMARTS) is 7. The van der Waals surface area contributed by atoms with E-state index in [1.165, 1.54) is 9.80 Å². The molecule has 710 valence electrons. The maximum atomic E-state index is 12.4. The summed E-state index contributed by atoms with van der Waals surface area (Å²) in [6.07, 6.45) is 5.64. The second-order valence-corrected chi connectivity index (χ2v) is 33.1. The van der Waals surface area contributed by atoms with E-state index in [0.29, 0.717) is 67.3 Å². The van der Waals surface area contributed by atoms with Crippen LogP contribution >= 0.6 is 23.2 Å². The number of rotatable bonds is 40. The normalized spacial score (nSPS) is 11.7. The molecule has 130 heavy (non-hydrogen) atoms. The van der Waals surface area contributed by atoms with Crippen molar-refractivity contribution in [1.29, 1.82) is 0 Å². The van der Waals surface area contributed by atoms with Gasteiger partial charge in [-0.15, -0.1) is 0 Å². The predicted octanol–water partition coefficient (Wildman–Crippen LogP) is 19.7. The molecular weight excluding hydrogens is 1710 g/mol. The van der Waals surface area contributed by atoms with Crippen molar-refractivity contribution in [3.05, 3.63) is 208 Å². The Morgan fingerprint density at radius 1 is 0.292 bits per heavy atom. The van der Waals surface area contributed by atoms with Gasteiger partial charge in [0.1, 0.15) is 0 Å². The van der Waals surface area contributed by atoms with E-state index in [1.807, 2.05) is 183 Å². The van der Waals surface area contributed by atoms with Gasteiger partial charge in [0.15, 0.2) is 0 Å². The van der Waals surface area contributed by atoms with E-state index in [9.17, 15) is 67.1 Å². The summed E-state index contributed by atoms with van der Waals surface area (Å²) < 4.78 is 0. The molecule has 7 rings (SSSR count). The number of carbonyl (C=O) groups excluding carboxylic acids is 7. The summed E-state index contributed by atoms with van der Waals surface area (Å²) in [5.74, 6) is -8.28. The number of para-hydroxylation sites is 4. The number of anilines is 7. The van der Waals surface area contributed by atoms with Crippen molar-refractivity contribution in [2.45, 2.75) is 212 Å². The third-order valence-corrected chi connectivity index (χ3v) is 21.3. The van der Waals surface area contributed by atoms with Gasteiger partial charge in [-0.05, 0) is 208 Å². The van der Waals surface area contributed by atoms with Crippen LogP contribution in [0.4, 0.5) is 39.8 Å². The summed E-state index contributed by atoms with van der Waals surface area (Å²) in [5.41, 5.74) is 10.2. The Morgan fingerprint density at radius 2 is 0.608 bits per heavy atom. The first kappa shape index (κ1) is 116. The highest BCUT2D eigenvalue weighted by atomic mass is 35.5. The molecule has 7 aromatic carbocycles. The number of hydrogen-bond acceptors (Lipinski definition) is 14. The van der Waals surface area contributed by atoms with E-state index in [1.54, 1.807) is 143 Å². The summed E-state index contributed by atoms with van der Waals surface area (Å²) in [4.78, 5) is 170. The van der Waals surface area contributed by atoms with Crippen LogP contribution in [-0.4, -0.2) is 166 Å². The average molecular weight is 1840 g/mol. The molecule has 6 atom stereocenters. The van der Waals surface area contributed by atoms with Crippen molar-refractivity contribution in [3.63, 3.8) is 0 Å². The van der Waals surface area contributed by atoms with Crippen LogP contribution in [0.25, 0.3) is 0 Å². The fraction of sp³-hybridized carbons (Fsp3) is 0.440. The van der Waals surface area contributed by atoms with Crippen LogP contribution in [0.5, 0.6) is 0 Å². The van der Waals surface area contributed by atoms with Gasteiger partial charge in [-0.25, -0.2) is 0 Å². The molecular formula is C100H135Cl2N7O21. The molecule has 30 heteroatoms. The zero-order chi connectivity index (χ0) is 98.6. The monoisotopic (exact) mass is 1840 g/mol. The second kappa shape index (κ2) is 62.0. The van der Waals surface area contributed by atoms with Crippen LogP contribution in [-0.2, 0) is 67.1 Å². The molecule has 0 aliphatic carbocycles. The Balaban J connectivity index is 0.000000759. The summed E-state index contributed by atoms with van der Waals surface area (Å²) in [7, 11) is 6.80. The highest BCUT2D eigenvalue weighted by Crippen LogP contribution is 2.29. The summed E-state index contributed by atoms with van der Waals surface area (Å²) in [6.45, 7) is 27.3. The van der Waals surface area contributed by atoms with Gasteiger partial charge in [-0.3, -0.25) is 67.1 Å². The largest absolute Gasteiger partial charge is 0.481 e. The number of aliphatic carboxylic acids is 7. The van der Waals surface area contributed by atoms with Crippen molar-refractivity contribution in [2.24, 2.45) is 35.5 Å². The van der Waals surface area contributed by atoms with Gasteiger partial charge in [0, 0.05) is 178 Å². The minimum absolute atomic E-state index is 0.00135. The lowest BCUT2D eigenvalue weighted by molar-refractivity contribution is -0.140. The van der Waals surface area contributed by atoms with Gasteiger partial charge in [0.05, 0.1) is 6.42 Å². The van der Waals surface area contributed by atoms with Crippen LogP contribution in [0.2, 0.25) is 10.0 Å². The molecule has 0 aliphatic heterocycles. The van der Waals surface area contributed by atoms with E-state index in [4.69, 9.17) is 58.9 Å². The number of aryl methyl sites for hydroxylation is 4. The van der Waals surface area contributed by atoms with Crippen molar-refractivity contribution in [2.75, 3.05) is 75.6 Å². The summed E-state index contributed by atoms with van der Waals surface area (Å²) in [6, 6.07) is 54.2. The minimum atomic E-state index is -0.977. The van der Waals surface area contributed by atoms with Crippen LogP contribution in [0.15, 0.2) is 176 Å². The number of hydrogen-bond donors (Lipinski definition) is 7. The first-order valence-corrected chi connectivity index (χ1v) is 44.2. The molecule has 7 N–H and O–H groups in total. The Labute approximate surface area is 776 Å². The first-order valence-electron chi connectivity index (χ1n) is 43.5. The SMILES string of the molecule is CC(CC(=O)O)C(=O)N(C)c1ccc(Cl)cc1.CC(CCC(=O)O)C(=O)N(C)c1ccc(Cl)cc1.CC(CCC(=O)O)C(=O)N(c1ccccc1)C(C)C.CCN(C(=O)C(C)CCC(=O)O)c1ccccc1C.CCN(C(=O)CC(C)CC(=O)O)c1ccccc1C.Cc1ccc(N(C)C(=O)C(C)CCC(=O)O)cc1.Cc1ccccc1N(C)C(=O)CCCCCCC(=O)O. The van der Waals surface area contributed by atoms with Crippen molar-refractivity contribution in [1.82, 2.24) is 0 Å². The maximum absolute atomic E-state index is 12.4. The molecule has 0 heterocycles. The Kier molecular flexibility index (Phi) is 55.2. The fourth-order valence-corrected chi connectivity index (χ4v) is 13.3. The van der Waals surface area contributed by atoms with Crippen molar-refractivity contribution >= 4 is 146 Å². The molecule has 0 saturated carbocycles. The second-order valence-electron chi connectivity index (χ2n) is 32.2. The number of halogens is 2. The first-order chi connectivity index (χ1) is 61.1. The number of benzene rings is 7. The van der Waals surface area contributed by atoms with Gasteiger partial charge in [0.2, 0.25) is 41.4 Å². The molecule has 7 aromatic rings. The van der Waals surface area contributed by atoms with E-state index in [0.717, 1.165) is 75.6 Å². The van der Waals surface area contributed by atoms with Crippen molar-refractivity contribution < 1.29 is 103 Å². The molecule has 0 aromatic heterocycles.